The van der Waals surface area contributed by atoms with Crippen LogP contribution in [0, 0.1) is 0 Å². The Bertz CT molecular complexity index is 888. The van der Waals surface area contributed by atoms with Crippen molar-refractivity contribution in [3.63, 3.8) is 0 Å². The average molecular weight is 386 g/mol. The normalized spacial score (nSPS) is 21.8. The smallest absolute Gasteiger partial charge is 0.333 e. The molecule has 0 aromatic heterocycles. The molecule has 1 aromatic carbocycles. The van der Waals surface area contributed by atoms with Gasteiger partial charge >= 0.3 is 11.9 Å². The second-order valence-corrected chi connectivity index (χ2v) is 6.49. The highest BCUT2D eigenvalue weighted by atomic mass is 16.6. The third-order valence-corrected chi connectivity index (χ3v) is 4.61. The summed E-state index contributed by atoms with van der Waals surface area (Å²) < 4.78 is 9.89. The van der Waals surface area contributed by atoms with Gasteiger partial charge in [-0.2, -0.15) is 0 Å². The summed E-state index contributed by atoms with van der Waals surface area (Å²) in [4.78, 5) is 63.7. The molecule has 146 valence electrons. The molecule has 1 aromatic rings. The number of carbonyl (C=O) groups is 5. The van der Waals surface area contributed by atoms with Gasteiger partial charge in [0.2, 0.25) is 6.23 Å². The Morgan fingerprint density at radius 2 is 1.61 bits per heavy atom. The van der Waals surface area contributed by atoms with E-state index >= 15 is 0 Å². The van der Waals surface area contributed by atoms with Crippen LogP contribution in [0.15, 0.2) is 36.4 Å². The number of β-lactam (4-membered cyclic amide) rings is 1. The van der Waals surface area contributed by atoms with E-state index in [1.54, 1.807) is 12.1 Å². The highest BCUT2D eigenvalue weighted by Gasteiger charge is 2.61. The molecule has 0 N–H and O–H groups in total. The maximum atomic E-state index is 12.9. The van der Waals surface area contributed by atoms with Crippen molar-refractivity contribution in [2.45, 2.75) is 32.2 Å². The van der Waals surface area contributed by atoms with E-state index in [2.05, 4.69) is 6.58 Å². The predicted molar refractivity (Wildman–Crippen MR) is 93.7 cm³/mol. The van der Waals surface area contributed by atoms with E-state index in [1.807, 2.05) is 0 Å². The third kappa shape index (κ3) is 2.75. The quantitative estimate of drug-likeness (QED) is 0.314. The zero-order valence-corrected chi connectivity index (χ0v) is 15.5. The molecule has 3 amide bonds. The number of imide groups is 1. The number of hydrogen-bond donors (Lipinski definition) is 0. The van der Waals surface area contributed by atoms with Crippen LogP contribution in [0.25, 0.3) is 0 Å². The Morgan fingerprint density at radius 1 is 1.07 bits per heavy atom. The standard InChI is InChI=1S/C19H18N2O7/c1-9(2)13(19(26)27-4)21-17(25)14(18(21)28-10(3)22)20-15(23)11-7-5-6-8-12(11)16(20)24/h5-8,13-14,18H,1H2,2-4H3/t13-,14-,18-/m1/s1. The van der Waals surface area contributed by atoms with Gasteiger partial charge < -0.3 is 9.47 Å². The SMILES string of the molecule is C=C(C)[C@H](C(=O)OC)N1C(=O)[C@@H](N2C(=O)c3ccccc3C2=O)[C@H]1OC(C)=O. The lowest BCUT2D eigenvalue weighted by atomic mass is 9.96. The minimum Gasteiger partial charge on any atom is -0.467 e. The molecule has 2 aliphatic heterocycles. The number of likely N-dealkylation sites (tertiary alicyclic amines) is 1. The number of methoxy groups -OCH3 is 1. The van der Waals surface area contributed by atoms with E-state index in [1.165, 1.54) is 19.1 Å². The largest absolute Gasteiger partial charge is 0.467 e. The first kappa shape index (κ1) is 19.3. The Kier molecular flexibility index (Phi) is 4.76. The van der Waals surface area contributed by atoms with Crippen molar-refractivity contribution < 1.29 is 33.4 Å². The van der Waals surface area contributed by atoms with Crippen LogP contribution in [0.1, 0.15) is 34.6 Å². The Morgan fingerprint density at radius 3 is 2.04 bits per heavy atom. The van der Waals surface area contributed by atoms with Crippen molar-refractivity contribution in [2.24, 2.45) is 0 Å². The monoisotopic (exact) mass is 386 g/mol. The lowest BCUT2D eigenvalue weighted by Gasteiger charge is -2.50. The number of hydrogen-bond acceptors (Lipinski definition) is 7. The number of rotatable bonds is 5. The molecule has 2 aliphatic rings. The van der Waals surface area contributed by atoms with Crippen molar-refractivity contribution >= 4 is 29.7 Å². The van der Waals surface area contributed by atoms with E-state index in [-0.39, 0.29) is 16.7 Å². The molecule has 0 saturated carbocycles. The number of nitrogens with zero attached hydrogens (tertiary/aromatic N) is 2. The second-order valence-electron chi connectivity index (χ2n) is 6.49. The van der Waals surface area contributed by atoms with Gasteiger partial charge in [-0.15, -0.1) is 0 Å². The fraction of sp³-hybridized carbons (Fsp3) is 0.316. The van der Waals surface area contributed by atoms with Crippen molar-refractivity contribution in [1.82, 2.24) is 9.80 Å². The van der Waals surface area contributed by atoms with Crippen molar-refractivity contribution in [3.8, 4) is 0 Å². The summed E-state index contributed by atoms with van der Waals surface area (Å²) in [5, 5.41) is 0. The van der Waals surface area contributed by atoms with Gasteiger partial charge in [-0.3, -0.25) is 29.0 Å². The van der Waals surface area contributed by atoms with Crippen LogP contribution in [0.2, 0.25) is 0 Å². The van der Waals surface area contributed by atoms with Crippen LogP contribution in [0.3, 0.4) is 0 Å². The summed E-state index contributed by atoms with van der Waals surface area (Å²) in [6.45, 7) is 6.31. The summed E-state index contributed by atoms with van der Waals surface area (Å²) in [5.41, 5.74) is 0.590. The molecule has 3 rings (SSSR count). The number of ether oxygens (including phenoxy) is 2. The van der Waals surface area contributed by atoms with E-state index in [9.17, 15) is 24.0 Å². The molecule has 0 unspecified atom stereocenters. The van der Waals surface area contributed by atoms with Crippen LogP contribution in [-0.4, -0.2) is 64.9 Å². The van der Waals surface area contributed by atoms with E-state index in [4.69, 9.17) is 9.47 Å². The van der Waals surface area contributed by atoms with Crippen molar-refractivity contribution in [2.75, 3.05) is 7.11 Å². The van der Waals surface area contributed by atoms with Crippen LogP contribution >= 0.6 is 0 Å². The average Bonchev–Trinajstić information content (AvgIpc) is 2.90. The zero-order valence-electron chi connectivity index (χ0n) is 15.5. The van der Waals surface area contributed by atoms with E-state index < -0.39 is 48.0 Å². The molecule has 2 heterocycles. The maximum absolute atomic E-state index is 12.9. The number of fused-ring (bicyclic) bond motifs is 1. The van der Waals surface area contributed by atoms with Gasteiger partial charge in [0.1, 0.15) is 0 Å². The van der Waals surface area contributed by atoms with Gasteiger partial charge in [0.25, 0.3) is 17.7 Å². The molecule has 1 fully saturated rings. The number of esters is 2. The van der Waals surface area contributed by atoms with Crippen LogP contribution in [-0.2, 0) is 23.9 Å². The number of amides is 3. The zero-order chi connectivity index (χ0) is 20.7. The van der Waals surface area contributed by atoms with Gasteiger partial charge in [0, 0.05) is 6.92 Å². The van der Waals surface area contributed by atoms with Gasteiger partial charge in [0.15, 0.2) is 12.1 Å². The summed E-state index contributed by atoms with van der Waals surface area (Å²) in [6, 6.07) is 3.56. The summed E-state index contributed by atoms with van der Waals surface area (Å²) >= 11 is 0. The molecular formula is C19H18N2O7. The van der Waals surface area contributed by atoms with Crippen LogP contribution in [0.4, 0.5) is 0 Å². The fourth-order valence-electron chi connectivity index (χ4n) is 3.40. The molecule has 0 radical (unpaired) electrons. The van der Waals surface area contributed by atoms with Gasteiger partial charge in [-0.1, -0.05) is 18.7 Å². The molecule has 9 heteroatoms. The Balaban J connectivity index is 1.99. The van der Waals surface area contributed by atoms with Gasteiger partial charge in [0.05, 0.1) is 18.2 Å². The first-order chi connectivity index (χ1) is 13.2. The predicted octanol–water partition coefficient (Wildman–Crippen LogP) is 0.500. The summed E-state index contributed by atoms with van der Waals surface area (Å²) in [7, 11) is 1.14. The highest BCUT2D eigenvalue weighted by molar-refractivity contribution is 6.23. The van der Waals surface area contributed by atoms with Crippen LogP contribution < -0.4 is 0 Å². The topological polar surface area (TPSA) is 110 Å². The minimum atomic E-state index is -1.37. The Hall–Kier alpha value is -3.49. The molecular weight excluding hydrogens is 368 g/mol. The highest BCUT2D eigenvalue weighted by Crippen LogP contribution is 2.36. The fourth-order valence-corrected chi connectivity index (χ4v) is 3.40. The minimum absolute atomic E-state index is 0.157. The van der Waals surface area contributed by atoms with Gasteiger partial charge in [-0.25, -0.2) is 4.79 Å². The van der Waals surface area contributed by atoms with Crippen molar-refractivity contribution in [3.05, 3.63) is 47.5 Å². The number of carbonyl (C=O) groups excluding carboxylic acids is 5. The molecule has 3 atom stereocenters. The summed E-state index contributed by atoms with van der Waals surface area (Å²) in [5.74, 6) is -3.58. The number of benzene rings is 1. The van der Waals surface area contributed by atoms with Crippen molar-refractivity contribution in [1.29, 1.82) is 0 Å². The lowest BCUT2D eigenvalue weighted by Crippen LogP contribution is -2.75. The maximum Gasteiger partial charge on any atom is 0.333 e. The second kappa shape index (κ2) is 6.91. The molecule has 9 nitrogen and oxygen atoms in total. The lowest BCUT2D eigenvalue weighted by molar-refractivity contribution is -0.203. The molecule has 0 spiro atoms. The molecule has 0 aliphatic carbocycles. The van der Waals surface area contributed by atoms with E-state index in [0.717, 1.165) is 23.8 Å². The first-order valence-corrected chi connectivity index (χ1v) is 8.40. The van der Waals surface area contributed by atoms with Gasteiger partial charge in [-0.05, 0) is 24.6 Å². The van der Waals surface area contributed by atoms with Crippen LogP contribution in [0.5, 0.6) is 0 Å². The molecule has 28 heavy (non-hydrogen) atoms. The van der Waals surface area contributed by atoms with E-state index in [0.29, 0.717) is 0 Å². The Labute approximate surface area is 160 Å². The first-order valence-electron chi connectivity index (χ1n) is 8.40. The summed E-state index contributed by atoms with van der Waals surface area (Å²) in [6.07, 6.45) is -1.33. The molecule has 1 saturated heterocycles. The third-order valence-electron chi connectivity index (χ3n) is 4.61. The molecule has 0 bridgehead atoms.